The summed E-state index contributed by atoms with van der Waals surface area (Å²) < 4.78 is 1.77. The van der Waals surface area contributed by atoms with E-state index in [0.29, 0.717) is 0 Å². The lowest BCUT2D eigenvalue weighted by molar-refractivity contribution is -0.0458. The molecule has 1 fully saturated rings. The SMILES string of the molecule is CC1CNCCC1(O)c1ccnn1C. The van der Waals surface area contributed by atoms with E-state index in [9.17, 15) is 5.11 Å². The van der Waals surface area contributed by atoms with Crippen LogP contribution in [0.3, 0.4) is 0 Å². The molecule has 2 heterocycles. The molecule has 2 atom stereocenters. The number of nitrogens with one attached hydrogen (secondary N) is 1. The summed E-state index contributed by atoms with van der Waals surface area (Å²) in [4.78, 5) is 0. The summed E-state index contributed by atoms with van der Waals surface area (Å²) in [5.41, 5.74) is 0.211. The minimum Gasteiger partial charge on any atom is -0.383 e. The van der Waals surface area contributed by atoms with Crippen molar-refractivity contribution in [1.82, 2.24) is 15.1 Å². The molecule has 14 heavy (non-hydrogen) atoms. The lowest BCUT2D eigenvalue weighted by atomic mass is 9.80. The van der Waals surface area contributed by atoms with E-state index in [1.54, 1.807) is 10.9 Å². The van der Waals surface area contributed by atoms with E-state index < -0.39 is 5.60 Å². The molecular formula is C10H17N3O. The summed E-state index contributed by atoms with van der Waals surface area (Å²) >= 11 is 0. The van der Waals surface area contributed by atoms with Gasteiger partial charge < -0.3 is 10.4 Å². The molecule has 0 bridgehead atoms. The van der Waals surface area contributed by atoms with Gasteiger partial charge in [-0.25, -0.2) is 0 Å². The van der Waals surface area contributed by atoms with Crippen LogP contribution in [0.2, 0.25) is 0 Å². The summed E-state index contributed by atoms with van der Waals surface area (Å²) in [6, 6.07) is 1.90. The molecule has 2 rings (SSSR count). The Labute approximate surface area is 83.9 Å². The molecule has 1 aliphatic heterocycles. The predicted molar refractivity (Wildman–Crippen MR) is 53.8 cm³/mol. The first-order chi connectivity index (χ1) is 6.64. The summed E-state index contributed by atoms with van der Waals surface area (Å²) in [7, 11) is 1.88. The van der Waals surface area contributed by atoms with Crippen LogP contribution in [0.15, 0.2) is 12.3 Å². The number of hydrogen-bond donors (Lipinski definition) is 2. The van der Waals surface area contributed by atoms with Gasteiger partial charge in [-0.1, -0.05) is 6.92 Å². The van der Waals surface area contributed by atoms with Gasteiger partial charge >= 0.3 is 0 Å². The van der Waals surface area contributed by atoms with Gasteiger partial charge in [-0.2, -0.15) is 5.10 Å². The minimum atomic E-state index is -0.712. The Morgan fingerprint density at radius 2 is 2.50 bits per heavy atom. The van der Waals surface area contributed by atoms with Gasteiger partial charge in [0.15, 0.2) is 0 Å². The normalized spacial score (nSPS) is 33.2. The third-order valence-electron chi connectivity index (χ3n) is 3.21. The number of nitrogens with zero attached hydrogens (tertiary/aromatic N) is 2. The Kier molecular flexibility index (Phi) is 2.33. The molecule has 1 aromatic rings. The monoisotopic (exact) mass is 195 g/mol. The fourth-order valence-corrected chi connectivity index (χ4v) is 2.19. The molecule has 0 spiro atoms. The smallest absolute Gasteiger partial charge is 0.111 e. The fourth-order valence-electron chi connectivity index (χ4n) is 2.19. The Morgan fingerprint density at radius 1 is 1.71 bits per heavy atom. The Morgan fingerprint density at radius 3 is 3.07 bits per heavy atom. The first-order valence-electron chi connectivity index (χ1n) is 5.06. The second-order valence-electron chi connectivity index (χ2n) is 4.12. The highest BCUT2D eigenvalue weighted by Gasteiger charge is 2.39. The minimum absolute atomic E-state index is 0.228. The molecule has 4 heteroatoms. The quantitative estimate of drug-likeness (QED) is 0.675. The van der Waals surface area contributed by atoms with Crippen molar-refractivity contribution in [3.05, 3.63) is 18.0 Å². The van der Waals surface area contributed by atoms with E-state index >= 15 is 0 Å². The van der Waals surface area contributed by atoms with Gasteiger partial charge in [0.1, 0.15) is 5.60 Å². The van der Waals surface area contributed by atoms with Crippen molar-refractivity contribution in [2.75, 3.05) is 13.1 Å². The van der Waals surface area contributed by atoms with E-state index in [0.717, 1.165) is 25.2 Å². The van der Waals surface area contributed by atoms with Gasteiger partial charge in [0, 0.05) is 25.7 Å². The molecule has 2 unspecified atom stereocenters. The molecule has 2 N–H and O–H groups in total. The summed E-state index contributed by atoms with van der Waals surface area (Å²) in [5.74, 6) is 0.228. The highest BCUT2D eigenvalue weighted by Crippen LogP contribution is 2.34. The Bertz CT molecular complexity index is 323. The van der Waals surface area contributed by atoms with E-state index in [1.165, 1.54) is 0 Å². The third-order valence-corrected chi connectivity index (χ3v) is 3.21. The Hall–Kier alpha value is -0.870. The first kappa shape index (κ1) is 9.68. The molecule has 0 aliphatic carbocycles. The number of aliphatic hydroxyl groups is 1. The second kappa shape index (κ2) is 3.37. The van der Waals surface area contributed by atoms with Gasteiger partial charge in [-0.15, -0.1) is 0 Å². The standard InChI is InChI=1S/C10H17N3O/c1-8-7-11-6-4-10(8,14)9-3-5-12-13(9)2/h3,5,8,11,14H,4,6-7H2,1-2H3. The van der Waals surface area contributed by atoms with Crippen LogP contribution >= 0.6 is 0 Å². The zero-order valence-electron chi connectivity index (χ0n) is 8.70. The maximum absolute atomic E-state index is 10.6. The molecule has 1 aliphatic rings. The maximum Gasteiger partial charge on any atom is 0.111 e. The highest BCUT2D eigenvalue weighted by atomic mass is 16.3. The number of aryl methyl sites for hydroxylation is 1. The summed E-state index contributed by atoms with van der Waals surface area (Å²) in [6.07, 6.45) is 2.50. The van der Waals surface area contributed by atoms with Gasteiger partial charge in [0.05, 0.1) is 5.69 Å². The van der Waals surface area contributed by atoms with Crippen molar-refractivity contribution in [2.24, 2.45) is 13.0 Å². The van der Waals surface area contributed by atoms with Gasteiger partial charge in [-0.3, -0.25) is 4.68 Å². The van der Waals surface area contributed by atoms with Crippen LogP contribution in [0.4, 0.5) is 0 Å². The van der Waals surface area contributed by atoms with Crippen molar-refractivity contribution < 1.29 is 5.11 Å². The topological polar surface area (TPSA) is 50.1 Å². The number of rotatable bonds is 1. The summed E-state index contributed by atoms with van der Waals surface area (Å²) in [5, 5.41) is 18.0. The Balaban J connectivity index is 2.34. The number of aromatic nitrogens is 2. The molecule has 4 nitrogen and oxygen atoms in total. The van der Waals surface area contributed by atoms with Crippen LogP contribution in [0.1, 0.15) is 19.0 Å². The van der Waals surface area contributed by atoms with Crippen molar-refractivity contribution >= 4 is 0 Å². The first-order valence-corrected chi connectivity index (χ1v) is 5.06. The zero-order valence-corrected chi connectivity index (χ0v) is 8.70. The van der Waals surface area contributed by atoms with Crippen molar-refractivity contribution in [2.45, 2.75) is 18.9 Å². The largest absolute Gasteiger partial charge is 0.383 e. The molecular weight excluding hydrogens is 178 g/mol. The predicted octanol–water partition coefficient (Wildman–Crippen LogP) is 0.237. The van der Waals surface area contributed by atoms with E-state index in [-0.39, 0.29) is 5.92 Å². The fraction of sp³-hybridized carbons (Fsp3) is 0.700. The van der Waals surface area contributed by atoms with E-state index in [1.807, 2.05) is 13.1 Å². The number of hydrogen-bond acceptors (Lipinski definition) is 3. The summed E-state index contributed by atoms with van der Waals surface area (Å²) in [6.45, 7) is 3.80. The maximum atomic E-state index is 10.6. The average Bonchev–Trinajstić information content (AvgIpc) is 2.57. The molecule has 0 saturated carbocycles. The van der Waals surface area contributed by atoms with Crippen LogP contribution in [-0.4, -0.2) is 28.0 Å². The highest BCUT2D eigenvalue weighted by molar-refractivity contribution is 5.14. The molecule has 78 valence electrons. The van der Waals surface area contributed by atoms with Crippen LogP contribution in [0, 0.1) is 5.92 Å². The third kappa shape index (κ3) is 1.35. The molecule has 0 amide bonds. The van der Waals surface area contributed by atoms with Crippen molar-refractivity contribution in [1.29, 1.82) is 0 Å². The lowest BCUT2D eigenvalue weighted by Crippen LogP contribution is -2.47. The molecule has 0 aromatic carbocycles. The van der Waals surface area contributed by atoms with Crippen LogP contribution in [0.25, 0.3) is 0 Å². The average molecular weight is 195 g/mol. The van der Waals surface area contributed by atoms with Crippen LogP contribution < -0.4 is 5.32 Å². The van der Waals surface area contributed by atoms with E-state index in [4.69, 9.17) is 0 Å². The molecule has 1 saturated heterocycles. The van der Waals surface area contributed by atoms with Gasteiger partial charge in [-0.05, 0) is 19.0 Å². The molecule has 1 aromatic heterocycles. The van der Waals surface area contributed by atoms with Crippen LogP contribution in [0.5, 0.6) is 0 Å². The van der Waals surface area contributed by atoms with Crippen LogP contribution in [-0.2, 0) is 12.6 Å². The zero-order chi connectivity index (χ0) is 10.2. The van der Waals surface area contributed by atoms with Gasteiger partial charge in [0.2, 0.25) is 0 Å². The van der Waals surface area contributed by atoms with Crippen molar-refractivity contribution in [3.63, 3.8) is 0 Å². The van der Waals surface area contributed by atoms with E-state index in [2.05, 4.69) is 17.3 Å². The lowest BCUT2D eigenvalue weighted by Gasteiger charge is -2.38. The van der Waals surface area contributed by atoms with Gasteiger partial charge in [0.25, 0.3) is 0 Å². The molecule has 0 radical (unpaired) electrons. The van der Waals surface area contributed by atoms with Crippen molar-refractivity contribution in [3.8, 4) is 0 Å². The second-order valence-corrected chi connectivity index (χ2v) is 4.12. The number of piperidine rings is 1.